The molecule has 36 heavy (non-hydrogen) atoms. The average Bonchev–Trinajstić information content (AvgIpc) is 2.82. The Morgan fingerprint density at radius 3 is 0.972 bits per heavy atom. The number of hydrogen-bond donors (Lipinski definition) is 4. The van der Waals surface area contributed by atoms with Gasteiger partial charge < -0.3 is 20.4 Å². The van der Waals surface area contributed by atoms with Crippen molar-refractivity contribution in [3.05, 3.63) is 117 Å². The van der Waals surface area contributed by atoms with E-state index in [1.807, 2.05) is 66.7 Å². The molecule has 1 aliphatic carbocycles. The average molecular weight is 481 g/mol. The van der Waals surface area contributed by atoms with Crippen LogP contribution in [-0.4, -0.2) is 20.4 Å². The fourth-order valence-electron chi connectivity index (χ4n) is 5.07. The molecule has 4 nitrogen and oxygen atoms in total. The molecular weight excluding hydrogens is 448 g/mol. The Morgan fingerprint density at radius 1 is 0.444 bits per heavy atom. The second-order valence-electron chi connectivity index (χ2n) is 10.9. The molecule has 0 atom stereocenters. The van der Waals surface area contributed by atoms with Crippen LogP contribution in [0.15, 0.2) is 66.7 Å². The molecule has 0 radical (unpaired) electrons. The number of fused-ring (bicyclic) bond motifs is 8. The van der Waals surface area contributed by atoms with Gasteiger partial charge in [-0.25, -0.2) is 0 Å². The molecule has 184 valence electrons. The summed E-state index contributed by atoms with van der Waals surface area (Å²) < 4.78 is 0. The van der Waals surface area contributed by atoms with Crippen LogP contribution in [-0.2, 0) is 31.1 Å². The molecule has 0 aliphatic heterocycles. The molecule has 0 amide bonds. The highest BCUT2D eigenvalue weighted by Gasteiger charge is 2.22. The summed E-state index contributed by atoms with van der Waals surface area (Å²) in [5.74, 6) is 0.725. The molecule has 1 aliphatic rings. The first-order valence-electron chi connectivity index (χ1n) is 12.4. The normalized spacial score (nSPS) is 13.4. The summed E-state index contributed by atoms with van der Waals surface area (Å²) in [7, 11) is 0. The second-order valence-corrected chi connectivity index (χ2v) is 10.9. The zero-order chi connectivity index (χ0) is 25.6. The number of para-hydroxylation sites is 3. The third-order valence-corrected chi connectivity index (χ3v) is 7.27. The lowest BCUT2D eigenvalue weighted by Gasteiger charge is -2.23. The smallest absolute Gasteiger partial charge is 0.122 e. The number of phenols is 4. The first kappa shape index (κ1) is 23.8. The maximum atomic E-state index is 11.3. The topological polar surface area (TPSA) is 80.9 Å². The maximum absolute atomic E-state index is 11.3. The number of phenolic OH excluding ortho intramolecular Hbond substituents is 4. The molecule has 8 bridgehead atoms. The van der Waals surface area contributed by atoms with Crippen LogP contribution in [0.2, 0.25) is 0 Å². The van der Waals surface area contributed by atoms with Crippen LogP contribution in [0.5, 0.6) is 23.0 Å². The van der Waals surface area contributed by atoms with Crippen molar-refractivity contribution in [2.24, 2.45) is 0 Å². The van der Waals surface area contributed by atoms with E-state index in [4.69, 9.17) is 0 Å². The Kier molecular flexibility index (Phi) is 5.91. The van der Waals surface area contributed by atoms with E-state index in [2.05, 4.69) is 20.8 Å². The van der Waals surface area contributed by atoms with Gasteiger partial charge in [0, 0.05) is 25.7 Å². The SMILES string of the molecule is CC(C)(C)c1cc2c(O)c(c1)Cc1cccc(c1O)Cc1cccc(c1O)Cc1cccc(c1O)C2. The minimum Gasteiger partial charge on any atom is -0.507 e. The second kappa shape index (κ2) is 8.94. The van der Waals surface area contributed by atoms with Gasteiger partial charge >= 0.3 is 0 Å². The monoisotopic (exact) mass is 480 g/mol. The van der Waals surface area contributed by atoms with E-state index in [1.165, 1.54) is 0 Å². The summed E-state index contributed by atoms with van der Waals surface area (Å²) in [5.41, 5.74) is 6.68. The molecule has 0 saturated heterocycles. The third kappa shape index (κ3) is 4.39. The minimum atomic E-state index is -0.147. The quantitative estimate of drug-likeness (QED) is 0.204. The predicted octanol–water partition coefficient (Wildman–Crippen LogP) is 6.48. The largest absolute Gasteiger partial charge is 0.507 e. The first-order chi connectivity index (χ1) is 17.1. The lowest BCUT2D eigenvalue weighted by molar-refractivity contribution is 0.450. The van der Waals surface area contributed by atoms with Crippen LogP contribution in [0.3, 0.4) is 0 Å². The number of aromatic hydroxyl groups is 4. The number of rotatable bonds is 0. The molecule has 0 spiro atoms. The highest BCUT2D eigenvalue weighted by Crippen LogP contribution is 2.39. The molecule has 0 fully saturated rings. The van der Waals surface area contributed by atoms with Gasteiger partial charge in [-0.2, -0.15) is 0 Å². The predicted molar refractivity (Wildman–Crippen MR) is 142 cm³/mol. The van der Waals surface area contributed by atoms with Crippen LogP contribution in [0.1, 0.15) is 70.8 Å². The van der Waals surface area contributed by atoms with Crippen molar-refractivity contribution in [3.63, 3.8) is 0 Å². The molecule has 0 aromatic heterocycles. The van der Waals surface area contributed by atoms with Crippen LogP contribution in [0.25, 0.3) is 0 Å². The van der Waals surface area contributed by atoms with Crippen molar-refractivity contribution >= 4 is 0 Å². The highest BCUT2D eigenvalue weighted by molar-refractivity contribution is 5.55. The molecule has 4 aromatic carbocycles. The van der Waals surface area contributed by atoms with E-state index in [9.17, 15) is 20.4 Å². The summed E-state index contributed by atoms with van der Waals surface area (Å²) in [4.78, 5) is 0. The standard InChI is InChI=1S/C32H32O4/c1-32(2,3)27-17-25-15-23-11-5-9-21(29(23)34)13-19-7-4-8-20(28(19)33)14-22-10-6-12-24(30(22)35)16-26(18-27)31(25)36/h4-12,17-18,33-36H,13-16H2,1-3H3. The Balaban J connectivity index is 1.75. The van der Waals surface area contributed by atoms with Gasteiger partial charge in [-0.15, -0.1) is 0 Å². The van der Waals surface area contributed by atoms with Crippen LogP contribution in [0.4, 0.5) is 0 Å². The number of hydrogen-bond acceptors (Lipinski definition) is 4. The van der Waals surface area contributed by atoms with E-state index in [1.54, 1.807) is 0 Å². The fourth-order valence-corrected chi connectivity index (χ4v) is 5.07. The van der Waals surface area contributed by atoms with Gasteiger partial charge in [0.1, 0.15) is 23.0 Å². The van der Waals surface area contributed by atoms with E-state index < -0.39 is 0 Å². The van der Waals surface area contributed by atoms with Gasteiger partial charge in [0.25, 0.3) is 0 Å². The van der Waals surface area contributed by atoms with Crippen molar-refractivity contribution in [1.82, 2.24) is 0 Å². The summed E-state index contributed by atoms with van der Waals surface area (Å²) >= 11 is 0. The van der Waals surface area contributed by atoms with Crippen LogP contribution < -0.4 is 0 Å². The van der Waals surface area contributed by atoms with Crippen LogP contribution in [0, 0.1) is 0 Å². The van der Waals surface area contributed by atoms with Gasteiger partial charge in [0.05, 0.1) is 0 Å². The molecule has 4 N–H and O–H groups in total. The molecule has 5 rings (SSSR count). The summed E-state index contributed by atoms with van der Waals surface area (Å²) in [5, 5.41) is 44.7. The van der Waals surface area contributed by atoms with Crippen LogP contribution >= 0.6 is 0 Å². The van der Waals surface area contributed by atoms with Crippen molar-refractivity contribution in [2.75, 3.05) is 0 Å². The molecule has 0 heterocycles. The number of benzene rings is 4. The lowest BCUT2D eigenvalue weighted by Crippen LogP contribution is -2.13. The third-order valence-electron chi connectivity index (χ3n) is 7.27. The zero-order valence-electron chi connectivity index (χ0n) is 21.0. The van der Waals surface area contributed by atoms with E-state index in [0.29, 0.717) is 59.1 Å². The summed E-state index contributed by atoms with van der Waals surface area (Å²) in [6, 6.07) is 20.9. The molecule has 0 saturated carbocycles. The Bertz CT molecular complexity index is 1360. The van der Waals surface area contributed by atoms with E-state index in [0.717, 1.165) is 16.7 Å². The van der Waals surface area contributed by atoms with Crippen molar-refractivity contribution in [2.45, 2.75) is 51.9 Å². The maximum Gasteiger partial charge on any atom is 0.122 e. The van der Waals surface area contributed by atoms with Gasteiger partial charge in [-0.3, -0.25) is 0 Å². The highest BCUT2D eigenvalue weighted by atomic mass is 16.3. The Labute approximate surface area is 212 Å². The first-order valence-corrected chi connectivity index (χ1v) is 12.4. The molecule has 0 unspecified atom stereocenters. The Morgan fingerprint density at radius 2 is 0.694 bits per heavy atom. The summed E-state index contributed by atoms with van der Waals surface area (Å²) in [6.07, 6.45) is 1.45. The molecule has 4 heteroatoms. The lowest BCUT2D eigenvalue weighted by atomic mass is 9.82. The molecule has 4 aromatic rings. The van der Waals surface area contributed by atoms with Crippen molar-refractivity contribution in [3.8, 4) is 23.0 Å². The fraction of sp³-hybridized carbons (Fsp3) is 0.250. The Hall–Kier alpha value is -3.92. The summed E-state index contributed by atoms with van der Waals surface area (Å²) in [6.45, 7) is 6.40. The van der Waals surface area contributed by atoms with Gasteiger partial charge in [-0.05, 0) is 55.5 Å². The molecular formula is C32H32O4. The zero-order valence-corrected chi connectivity index (χ0v) is 21.0. The van der Waals surface area contributed by atoms with Crippen molar-refractivity contribution < 1.29 is 20.4 Å². The van der Waals surface area contributed by atoms with Gasteiger partial charge in [-0.1, -0.05) is 87.5 Å². The van der Waals surface area contributed by atoms with Crippen molar-refractivity contribution in [1.29, 1.82) is 0 Å². The minimum absolute atomic E-state index is 0.147. The van der Waals surface area contributed by atoms with Gasteiger partial charge in [0.2, 0.25) is 0 Å². The van der Waals surface area contributed by atoms with E-state index >= 15 is 0 Å². The van der Waals surface area contributed by atoms with Gasteiger partial charge in [0.15, 0.2) is 0 Å². The van der Waals surface area contributed by atoms with E-state index in [-0.39, 0.29) is 28.4 Å².